The number of alkyl halides is 1. The number of sulfonamides is 1. The number of hydrogen-bond donors (Lipinski definition) is 2. The van der Waals surface area contributed by atoms with Crippen LogP contribution in [-0.2, 0) is 10.0 Å². The van der Waals surface area contributed by atoms with E-state index >= 15 is 0 Å². The zero-order valence-electron chi connectivity index (χ0n) is 10.4. The first kappa shape index (κ1) is 14.5. The highest BCUT2D eigenvalue weighted by Crippen LogP contribution is 2.17. The van der Waals surface area contributed by atoms with Gasteiger partial charge in [-0.15, -0.1) is 11.6 Å². The summed E-state index contributed by atoms with van der Waals surface area (Å²) in [5, 5.41) is 6.47. The molecule has 1 heterocycles. The summed E-state index contributed by atoms with van der Waals surface area (Å²) < 4.78 is 26.8. The minimum Gasteiger partial charge on any atom is -0.281 e. The zero-order valence-corrected chi connectivity index (χ0v) is 12.0. The Morgan fingerprint density at radius 2 is 2.00 bits per heavy atom. The second kappa shape index (κ2) is 5.37. The molecule has 1 aromatic rings. The van der Waals surface area contributed by atoms with Gasteiger partial charge in [-0.25, -0.2) is 13.1 Å². The number of nitrogens with zero attached hydrogens (tertiary/aromatic N) is 1. The molecule has 0 saturated carbocycles. The van der Waals surface area contributed by atoms with Crippen molar-refractivity contribution < 1.29 is 8.42 Å². The minimum atomic E-state index is -3.53. The average Bonchev–Trinajstić information content (AvgIpc) is 2.43. The number of halogens is 1. The lowest BCUT2D eigenvalue weighted by Crippen LogP contribution is -2.34. The van der Waals surface area contributed by atoms with E-state index in [0.29, 0.717) is 17.8 Å². The molecule has 0 saturated heterocycles. The lowest BCUT2D eigenvalue weighted by molar-refractivity contribution is 0.544. The lowest BCUT2D eigenvalue weighted by atomic mass is 10.2. The van der Waals surface area contributed by atoms with Gasteiger partial charge in [0.1, 0.15) is 4.90 Å². The van der Waals surface area contributed by atoms with Crippen LogP contribution in [0.25, 0.3) is 0 Å². The van der Waals surface area contributed by atoms with Crippen molar-refractivity contribution >= 4 is 21.6 Å². The largest absolute Gasteiger partial charge is 0.281 e. The first-order valence-corrected chi connectivity index (χ1v) is 7.34. The molecule has 7 heteroatoms. The van der Waals surface area contributed by atoms with Crippen molar-refractivity contribution in [1.29, 1.82) is 0 Å². The fraction of sp³-hybridized carbons (Fsp3) is 0.700. The van der Waals surface area contributed by atoms with Crippen LogP contribution in [0.3, 0.4) is 0 Å². The number of hydrogen-bond acceptors (Lipinski definition) is 3. The van der Waals surface area contributed by atoms with Gasteiger partial charge < -0.3 is 0 Å². The maximum absolute atomic E-state index is 12.1. The Bertz CT molecular complexity index is 462. The van der Waals surface area contributed by atoms with E-state index in [1.807, 2.05) is 6.92 Å². The van der Waals surface area contributed by atoms with Gasteiger partial charge in [-0.2, -0.15) is 5.10 Å². The Labute approximate surface area is 107 Å². The summed E-state index contributed by atoms with van der Waals surface area (Å²) in [5.74, 6) is 0. The number of aryl methyl sites for hydroxylation is 2. The Balaban J connectivity index is 2.90. The lowest BCUT2D eigenvalue weighted by Gasteiger charge is -2.15. The van der Waals surface area contributed by atoms with E-state index in [1.54, 1.807) is 20.8 Å². The molecule has 2 unspecified atom stereocenters. The smallest absolute Gasteiger partial charge is 0.244 e. The van der Waals surface area contributed by atoms with Crippen molar-refractivity contribution in [2.45, 2.75) is 50.4 Å². The van der Waals surface area contributed by atoms with Crippen LogP contribution in [0.5, 0.6) is 0 Å². The molecule has 0 amide bonds. The van der Waals surface area contributed by atoms with Gasteiger partial charge in [0.05, 0.1) is 11.4 Å². The van der Waals surface area contributed by atoms with Crippen molar-refractivity contribution in [3.8, 4) is 0 Å². The third-order valence-corrected chi connectivity index (χ3v) is 4.39. The maximum Gasteiger partial charge on any atom is 0.244 e. The molecule has 0 aliphatic carbocycles. The molecular formula is C10H18ClN3O2S. The van der Waals surface area contributed by atoms with Crippen molar-refractivity contribution in [2.24, 2.45) is 0 Å². The molecule has 0 fully saturated rings. The fourth-order valence-corrected chi connectivity index (χ4v) is 3.69. The summed E-state index contributed by atoms with van der Waals surface area (Å²) in [6, 6.07) is -0.207. The van der Waals surface area contributed by atoms with E-state index in [-0.39, 0.29) is 16.3 Å². The third kappa shape index (κ3) is 3.69. The molecule has 0 radical (unpaired) electrons. The number of H-pyrrole nitrogens is 1. The summed E-state index contributed by atoms with van der Waals surface area (Å²) in [7, 11) is -3.53. The molecular weight excluding hydrogens is 262 g/mol. The Morgan fingerprint density at radius 1 is 1.41 bits per heavy atom. The molecule has 5 nitrogen and oxygen atoms in total. The second-order valence-corrected chi connectivity index (χ2v) is 6.70. The maximum atomic E-state index is 12.1. The molecule has 0 aliphatic heterocycles. The highest BCUT2D eigenvalue weighted by Gasteiger charge is 2.24. The van der Waals surface area contributed by atoms with Crippen molar-refractivity contribution in [1.82, 2.24) is 14.9 Å². The normalized spacial score (nSPS) is 15.8. The van der Waals surface area contributed by atoms with Crippen LogP contribution in [0, 0.1) is 13.8 Å². The summed E-state index contributed by atoms with van der Waals surface area (Å²) in [5.41, 5.74) is 1.02. The fourth-order valence-electron chi connectivity index (χ4n) is 1.80. The van der Waals surface area contributed by atoms with Crippen LogP contribution in [0.15, 0.2) is 4.90 Å². The Morgan fingerprint density at radius 3 is 2.41 bits per heavy atom. The number of aromatic nitrogens is 2. The standard InChI is InChI=1S/C10H18ClN3O2S/c1-6(11)5-7(2)14-17(15,16)10-8(3)12-13-9(10)4/h6-7,14H,5H2,1-4H3,(H,12,13). The molecule has 1 aromatic heterocycles. The zero-order chi connectivity index (χ0) is 13.2. The molecule has 1 rings (SSSR count). The van der Waals surface area contributed by atoms with Gasteiger partial charge in [0, 0.05) is 11.4 Å². The van der Waals surface area contributed by atoms with Crippen LogP contribution in [0.2, 0.25) is 0 Å². The van der Waals surface area contributed by atoms with Gasteiger partial charge in [0.25, 0.3) is 0 Å². The van der Waals surface area contributed by atoms with E-state index < -0.39 is 10.0 Å². The minimum absolute atomic E-state index is 0.0701. The van der Waals surface area contributed by atoms with Crippen LogP contribution >= 0.6 is 11.6 Å². The predicted molar refractivity (Wildman–Crippen MR) is 67.8 cm³/mol. The summed E-state index contributed by atoms with van der Waals surface area (Å²) in [4.78, 5) is 0.228. The van der Waals surface area contributed by atoms with Crippen LogP contribution in [0.1, 0.15) is 31.7 Å². The molecule has 98 valence electrons. The van der Waals surface area contributed by atoms with Crippen molar-refractivity contribution in [2.75, 3.05) is 0 Å². The van der Waals surface area contributed by atoms with Crippen LogP contribution < -0.4 is 4.72 Å². The van der Waals surface area contributed by atoms with Gasteiger partial charge in [-0.3, -0.25) is 5.10 Å². The monoisotopic (exact) mass is 279 g/mol. The second-order valence-electron chi connectivity index (χ2n) is 4.30. The SMILES string of the molecule is Cc1n[nH]c(C)c1S(=O)(=O)NC(C)CC(C)Cl. The first-order chi connectivity index (χ1) is 7.74. The summed E-state index contributed by atoms with van der Waals surface area (Å²) in [6.45, 7) is 6.97. The van der Waals surface area contributed by atoms with Crippen LogP contribution in [0.4, 0.5) is 0 Å². The van der Waals surface area contributed by atoms with Crippen molar-refractivity contribution in [3.05, 3.63) is 11.4 Å². The van der Waals surface area contributed by atoms with Gasteiger partial charge in [-0.05, 0) is 34.1 Å². The molecule has 0 aliphatic rings. The van der Waals surface area contributed by atoms with E-state index in [4.69, 9.17) is 11.6 Å². The Hall–Kier alpha value is -0.590. The van der Waals surface area contributed by atoms with Gasteiger partial charge in [0.15, 0.2) is 0 Å². The highest BCUT2D eigenvalue weighted by atomic mass is 35.5. The first-order valence-electron chi connectivity index (χ1n) is 5.42. The number of aromatic amines is 1. The average molecular weight is 280 g/mol. The highest BCUT2D eigenvalue weighted by molar-refractivity contribution is 7.89. The molecule has 0 aromatic carbocycles. The van der Waals surface area contributed by atoms with Crippen molar-refractivity contribution in [3.63, 3.8) is 0 Å². The predicted octanol–water partition coefficient (Wildman–Crippen LogP) is 1.71. The van der Waals surface area contributed by atoms with Gasteiger partial charge in [0.2, 0.25) is 10.0 Å². The van der Waals surface area contributed by atoms with Gasteiger partial charge >= 0.3 is 0 Å². The number of rotatable bonds is 5. The quantitative estimate of drug-likeness (QED) is 0.806. The topological polar surface area (TPSA) is 74.8 Å². The Kier molecular flexibility index (Phi) is 4.57. The molecule has 0 spiro atoms. The molecule has 2 atom stereocenters. The van der Waals surface area contributed by atoms with E-state index in [9.17, 15) is 8.42 Å². The molecule has 17 heavy (non-hydrogen) atoms. The molecule has 0 bridgehead atoms. The molecule has 2 N–H and O–H groups in total. The van der Waals surface area contributed by atoms with Crippen LogP contribution in [-0.4, -0.2) is 30.0 Å². The summed E-state index contributed by atoms with van der Waals surface area (Å²) >= 11 is 5.84. The number of nitrogens with one attached hydrogen (secondary N) is 2. The van der Waals surface area contributed by atoms with E-state index in [0.717, 1.165) is 0 Å². The third-order valence-electron chi connectivity index (χ3n) is 2.36. The van der Waals surface area contributed by atoms with E-state index in [1.165, 1.54) is 0 Å². The summed E-state index contributed by atoms with van der Waals surface area (Å²) in [6.07, 6.45) is 0.580. The van der Waals surface area contributed by atoms with Gasteiger partial charge in [-0.1, -0.05) is 0 Å². The van der Waals surface area contributed by atoms with E-state index in [2.05, 4.69) is 14.9 Å².